The van der Waals surface area contributed by atoms with Gasteiger partial charge in [0.2, 0.25) is 15.9 Å². The van der Waals surface area contributed by atoms with Crippen LogP contribution < -0.4 is 10.5 Å². The Balaban J connectivity index is 3.16. The maximum Gasteiger partial charge on any atom is 0.242 e. The summed E-state index contributed by atoms with van der Waals surface area (Å²) in [6, 6.07) is 2.29. The van der Waals surface area contributed by atoms with E-state index in [9.17, 15) is 17.6 Å². The van der Waals surface area contributed by atoms with Crippen LogP contribution in [-0.2, 0) is 14.8 Å². The first-order valence-electron chi connectivity index (χ1n) is 5.96. The Morgan fingerprint density at radius 3 is 2.76 bits per heavy atom. The van der Waals surface area contributed by atoms with Crippen LogP contribution in [0.5, 0.6) is 0 Å². The van der Waals surface area contributed by atoms with Gasteiger partial charge in [-0.3, -0.25) is 4.79 Å². The van der Waals surface area contributed by atoms with Gasteiger partial charge in [0, 0.05) is 18.0 Å². The molecule has 0 aliphatic rings. The van der Waals surface area contributed by atoms with Crippen molar-refractivity contribution in [1.82, 2.24) is 4.72 Å². The molecule has 4 N–H and O–H groups in total. The molecule has 1 aromatic rings. The van der Waals surface area contributed by atoms with Crippen molar-refractivity contribution in [2.45, 2.75) is 24.3 Å². The second kappa shape index (κ2) is 7.17. The number of hydrogen-bond acceptors (Lipinski definition) is 4. The van der Waals surface area contributed by atoms with Crippen LogP contribution in [0.3, 0.4) is 0 Å². The third kappa shape index (κ3) is 5.15. The topological polar surface area (TPSA) is 109 Å². The molecule has 0 heterocycles. The van der Waals surface area contributed by atoms with Gasteiger partial charge in [0.05, 0.1) is 4.90 Å². The monoisotopic (exact) mass is 314 g/mol. The Kier molecular flexibility index (Phi) is 5.84. The van der Waals surface area contributed by atoms with E-state index < -0.39 is 34.4 Å². The summed E-state index contributed by atoms with van der Waals surface area (Å²) in [5.74, 6) is 3.34. The quantitative estimate of drug-likeness (QED) is 0.649. The predicted octanol–water partition coefficient (Wildman–Crippen LogP) is -0.288. The van der Waals surface area contributed by atoms with E-state index in [1.54, 1.807) is 0 Å². The van der Waals surface area contributed by atoms with E-state index >= 15 is 0 Å². The van der Waals surface area contributed by atoms with Gasteiger partial charge in [-0.05, 0) is 25.1 Å². The minimum atomic E-state index is -3.99. The molecule has 0 saturated heterocycles. The minimum absolute atomic E-state index is 0.0807. The molecular weight excluding hydrogens is 299 g/mol. The summed E-state index contributed by atoms with van der Waals surface area (Å²) in [4.78, 5) is 10.5. The van der Waals surface area contributed by atoms with Crippen LogP contribution in [0.25, 0.3) is 0 Å². The van der Waals surface area contributed by atoms with Gasteiger partial charge in [-0.2, -0.15) is 0 Å². The zero-order chi connectivity index (χ0) is 16.0. The third-order valence-corrected chi connectivity index (χ3v) is 4.04. The summed E-state index contributed by atoms with van der Waals surface area (Å²) >= 11 is 0. The van der Waals surface area contributed by atoms with E-state index in [0.717, 1.165) is 18.2 Å². The van der Waals surface area contributed by atoms with Gasteiger partial charge in [-0.1, -0.05) is 11.8 Å². The lowest BCUT2D eigenvalue weighted by molar-refractivity contribution is -0.118. The Morgan fingerprint density at radius 1 is 1.52 bits per heavy atom. The van der Waals surface area contributed by atoms with Crippen LogP contribution in [0.1, 0.15) is 18.9 Å². The lowest BCUT2D eigenvalue weighted by Gasteiger charge is -2.13. The van der Waals surface area contributed by atoms with Crippen molar-refractivity contribution in [3.05, 3.63) is 29.6 Å². The number of nitrogens with two attached hydrogens (primary N) is 1. The molecule has 8 heteroatoms. The number of amides is 1. The van der Waals surface area contributed by atoms with Crippen LogP contribution >= 0.6 is 0 Å². The van der Waals surface area contributed by atoms with Gasteiger partial charge in [-0.25, -0.2) is 17.5 Å². The Labute approximate surface area is 122 Å². The SMILES string of the molecule is CC(CC(N)=O)NS(=O)(=O)c1ccc(F)cc1C#CCO. The minimum Gasteiger partial charge on any atom is -0.384 e. The number of carbonyl (C=O) groups excluding carboxylic acids is 1. The van der Waals surface area contributed by atoms with E-state index in [1.165, 1.54) is 6.92 Å². The second-order valence-electron chi connectivity index (χ2n) is 4.29. The zero-order valence-corrected chi connectivity index (χ0v) is 12.1. The van der Waals surface area contributed by atoms with E-state index in [1.807, 2.05) is 0 Å². The molecular formula is C13H15FN2O4S. The molecule has 114 valence electrons. The van der Waals surface area contributed by atoms with E-state index in [-0.39, 0.29) is 16.9 Å². The summed E-state index contributed by atoms with van der Waals surface area (Å²) in [6.45, 7) is 0.992. The van der Waals surface area contributed by atoms with E-state index in [2.05, 4.69) is 16.6 Å². The first-order chi connectivity index (χ1) is 9.76. The van der Waals surface area contributed by atoms with Crippen LogP contribution in [0, 0.1) is 17.7 Å². The van der Waals surface area contributed by atoms with Crippen molar-refractivity contribution < 1.29 is 22.7 Å². The summed E-state index contributed by atoms with van der Waals surface area (Å²) in [7, 11) is -3.99. The van der Waals surface area contributed by atoms with Crippen molar-refractivity contribution in [3.8, 4) is 11.8 Å². The van der Waals surface area contributed by atoms with Crippen molar-refractivity contribution in [2.75, 3.05) is 6.61 Å². The zero-order valence-electron chi connectivity index (χ0n) is 11.3. The van der Waals surface area contributed by atoms with Crippen LogP contribution in [0.15, 0.2) is 23.1 Å². The molecule has 0 aliphatic heterocycles. The molecule has 0 spiro atoms. The first-order valence-corrected chi connectivity index (χ1v) is 7.44. The molecule has 0 bridgehead atoms. The van der Waals surface area contributed by atoms with Gasteiger partial charge in [-0.15, -0.1) is 0 Å². The number of sulfonamides is 1. The van der Waals surface area contributed by atoms with E-state index in [0.29, 0.717) is 0 Å². The Bertz CT molecular complexity index is 692. The molecule has 21 heavy (non-hydrogen) atoms. The standard InChI is InChI=1S/C13H15FN2O4S/c1-9(7-13(15)18)16-21(19,20)12-5-4-11(14)8-10(12)3-2-6-17/h4-5,8-9,16-17H,6-7H2,1H3,(H2,15,18). The van der Waals surface area contributed by atoms with Gasteiger partial charge in [0.1, 0.15) is 12.4 Å². The molecule has 0 radical (unpaired) electrons. The molecule has 1 aromatic carbocycles. The summed E-state index contributed by atoms with van der Waals surface area (Å²) in [5, 5.41) is 8.65. The molecule has 1 rings (SSSR count). The van der Waals surface area contributed by atoms with Gasteiger partial charge in [0.15, 0.2) is 0 Å². The van der Waals surface area contributed by atoms with Gasteiger partial charge >= 0.3 is 0 Å². The number of halogens is 1. The van der Waals surface area contributed by atoms with Gasteiger partial charge < -0.3 is 10.8 Å². The Morgan fingerprint density at radius 2 is 2.19 bits per heavy atom. The predicted molar refractivity (Wildman–Crippen MR) is 74.0 cm³/mol. The number of aliphatic hydroxyl groups is 1. The number of rotatable bonds is 5. The summed E-state index contributed by atoms with van der Waals surface area (Å²) in [6.07, 6.45) is -0.169. The van der Waals surface area contributed by atoms with E-state index in [4.69, 9.17) is 10.8 Å². The lowest BCUT2D eigenvalue weighted by Crippen LogP contribution is -2.36. The smallest absolute Gasteiger partial charge is 0.242 e. The normalized spacial score (nSPS) is 12.3. The number of carbonyl (C=O) groups is 1. The molecule has 0 saturated carbocycles. The summed E-state index contributed by atoms with van der Waals surface area (Å²) < 4.78 is 39.9. The molecule has 1 unspecified atom stereocenters. The molecule has 1 atom stereocenters. The maximum atomic E-state index is 13.2. The number of benzene rings is 1. The number of aliphatic hydroxyl groups excluding tert-OH is 1. The Hall–Kier alpha value is -1.95. The fraction of sp³-hybridized carbons (Fsp3) is 0.308. The highest BCUT2D eigenvalue weighted by atomic mass is 32.2. The molecule has 0 aromatic heterocycles. The number of primary amides is 1. The highest BCUT2D eigenvalue weighted by Gasteiger charge is 2.21. The lowest BCUT2D eigenvalue weighted by atomic mass is 10.2. The second-order valence-corrected chi connectivity index (χ2v) is 5.98. The van der Waals surface area contributed by atoms with Crippen LogP contribution in [-0.4, -0.2) is 32.1 Å². The largest absolute Gasteiger partial charge is 0.384 e. The molecule has 6 nitrogen and oxygen atoms in total. The van der Waals surface area contributed by atoms with Crippen molar-refractivity contribution in [2.24, 2.45) is 5.73 Å². The fourth-order valence-corrected chi connectivity index (χ4v) is 3.03. The van der Waals surface area contributed by atoms with Crippen molar-refractivity contribution in [3.63, 3.8) is 0 Å². The molecule has 1 amide bonds. The van der Waals surface area contributed by atoms with Crippen LogP contribution in [0.2, 0.25) is 0 Å². The van der Waals surface area contributed by atoms with Crippen LogP contribution in [0.4, 0.5) is 4.39 Å². The third-order valence-electron chi connectivity index (χ3n) is 2.40. The molecule has 0 aliphatic carbocycles. The highest BCUT2D eigenvalue weighted by molar-refractivity contribution is 7.89. The van der Waals surface area contributed by atoms with Crippen molar-refractivity contribution in [1.29, 1.82) is 0 Å². The number of hydrogen-bond donors (Lipinski definition) is 3. The van der Waals surface area contributed by atoms with Gasteiger partial charge in [0.25, 0.3) is 0 Å². The number of nitrogens with one attached hydrogen (secondary N) is 1. The van der Waals surface area contributed by atoms with Crippen molar-refractivity contribution >= 4 is 15.9 Å². The summed E-state index contributed by atoms with van der Waals surface area (Å²) in [5.41, 5.74) is 4.91. The highest BCUT2D eigenvalue weighted by Crippen LogP contribution is 2.17. The fourth-order valence-electron chi connectivity index (χ4n) is 1.64. The first kappa shape index (κ1) is 17.1. The maximum absolute atomic E-state index is 13.2. The average molecular weight is 314 g/mol. The molecule has 0 fully saturated rings. The average Bonchev–Trinajstić information content (AvgIpc) is 2.34.